The number of anilines is 2. The van der Waals surface area contributed by atoms with Crippen LogP contribution in [0.2, 0.25) is 0 Å². The van der Waals surface area contributed by atoms with Crippen molar-refractivity contribution in [3.8, 4) is 0 Å². The zero-order chi connectivity index (χ0) is 23.4. The molecule has 0 bridgehead atoms. The van der Waals surface area contributed by atoms with Crippen LogP contribution in [0.15, 0.2) is 48.7 Å². The molecule has 1 aliphatic carbocycles. The summed E-state index contributed by atoms with van der Waals surface area (Å²) in [5.41, 5.74) is 1.21. The van der Waals surface area contributed by atoms with Crippen molar-refractivity contribution < 1.29 is 22.4 Å². The summed E-state index contributed by atoms with van der Waals surface area (Å²) < 4.78 is 52.2. The smallest absolute Gasteiger partial charge is 0.281 e. The van der Waals surface area contributed by atoms with Gasteiger partial charge in [0, 0.05) is 29.5 Å². The second-order valence-electron chi connectivity index (χ2n) is 8.12. The molecule has 1 aliphatic rings. The van der Waals surface area contributed by atoms with Crippen LogP contribution in [0.5, 0.6) is 0 Å². The van der Waals surface area contributed by atoms with Crippen molar-refractivity contribution in [2.24, 2.45) is 0 Å². The number of carbonyl (C=O) groups excluding carboxylic acids is 1. The number of nitrogens with one attached hydrogen (secondary N) is 3. The molecule has 2 heterocycles. The van der Waals surface area contributed by atoms with E-state index in [9.17, 15) is 22.4 Å². The maximum atomic E-state index is 13.0. The number of nitrogens with zero attached hydrogens (tertiary/aromatic N) is 2. The monoisotopic (exact) mass is 463 g/mol. The van der Waals surface area contributed by atoms with E-state index in [-0.39, 0.29) is 23.7 Å². The van der Waals surface area contributed by atoms with Crippen molar-refractivity contribution in [3.63, 3.8) is 0 Å². The molecule has 1 amide bonds. The highest BCUT2D eigenvalue weighted by atomic mass is 19.3. The Kier molecular flexibility index (Phi) is 7.00. The maximum Gasteiger partial charge on any atom is 0.281 e. The summed E-state index contributed by atoms with van der Waals surface area (Å²) in [6, 6.07) is 11.9. The molecule has 6 nitrogen and oxygen atoms in total. The molecule has 0 atom stereocenters. The molecule has 1 saturated carbocycles. The lowest BCUT2D eigenvalue weighted by molar-refractivity contribution is 0.0926. The number of carbonyl (C=O) groups is 1. The maximum absolute atomic E-state index is 13.0. The molecule has 3 aromatic rings. The van der Waals surface area contributed by atoms with Crippen molar-refractivity contribution >= 4 is 23.1 Å². The number of amides is 1. The Morgan fingerprint density at radius 2 is 1.70 bits per heavy atom. The van der Waals surface area contributed by atoms with Gasteiger partial charge in [-0.05, 0) is 62.1 Å². The number of alkyl halides is 4. The highest BCUT2D eigenvalue weighted by molar-refractivity contribution is 5.94. The lowest BCUT2D eigenvalue weighted by Crippen LogP contribution is -2.40. The molecule has 0 saturated heterocycles. The minimum atomic E-state index is -2.62. The highest BCUT2D eigenvalue weighted by Crippen LogP contribution is 2.25. The van der Waals surface area contributed by atoms with E-state index >= 15 is 0 Å². The molecule has 10 heteroatoms. The Labute approximate surface area is 188 Å². The zero-order valence-electron chi connectivity index (χ0n) is 17.8. The van der Waals surface area contributed by atoms with Crippen molar-refractivity contribution in [3.05, 3.63) is 59.9 Å². The molecule has 4 rings (SSSR count). The molecule has 2 aromatic heterocycles. The van der Waals surface area contributed by atoms with E-state index in [1.807, 2.05) is 6.07 Å². The molecule has 0 aliphatic heterocycles. The molecule has 1 fully saturated rings. The van der Waals surface area contributed by atoms with Crippen LogP contribution in [-0.4, -0.2) is 40.3 Å². The van der Waals surface area contributed by atoms with Gasteiger partial charge in [0.25, 0.3) is 18.8 Å². The molecule has 0 unspecified atom stereocenters. The van der Waals surface area contributed by atoms with Crippen LogP contribution in [0.4, 0.5) is 29.1 Å². The second kappa shape index (κ2) is 10.1. The van der Waals surface area contributed by atoms with Gasteiger partial charge in [0.1, 0.15) is 17.2 Å². The van der Waals surface area contributed by atoms with Gasteiger partial charge in [-0.3, -0.25) is 9.20 Å². The van der Waals surface area contributed by atoms with Crippen molar-refractivity contribution in [2.45, 2.75) is 50.6 Å². The van der Waals surface area contributed by atoms with Crippen molar-refractivity contribution in [1.82, 2.24) is 14.7 Å². The predicted molar refractivity (Wildman–Crippen MR) is 118 cm³/mol. The van der Waals surface area contributed by atoms with E-state index in [2.05, 4.69) is 20.9 Å². The SMILES string of the molecule is O=C(N[C@H]1CC[C@@H](Nc2cccc3nc(C(F)F)cn23)CC1)c1ccc(NCC(F)F)cc1. The van der Waals surface area contributed by atoms with Gasteiger partial charge in [-0.2, -0.15) is 0 Å². The number of aromatic nitrogens is 2. The van der Waals surface area contributed by atoms with E-state index in [1.54, 1.807) is 40.8 Å². The van der Waals surface area contributed by atoms with Crippen molar-refractivity contribution in [2.75, 3.05) is 17.2 Å². The summed E-state index contributed by atoms with van der Waals surface area (Å²) in [5, 5.41) is 9.04. The summed E-state index contributed by atoms with van der Waals surface area (Å²) in [6.07, 6.45) is -0.535. The Morgan fingerprint density at radius 3 is 2.36 bits per heavy atom. The first-order chi connectivity index (χ1) is 15.9. The number of benzene rings is 1. The Bertz CT molecular complexity index is 1080. The summed E-state index contributed by atoms with van der Waals surface area (Å²) in [7, 11) is 0. The Morgan fingerprint density at radius 1 is 1.00 bits per heavy atom. The predicted octanol–water partition coefficient (Wildman–Crippen LogP) is 5.10. The van der Waals surface area contributed by atoms with Gasteiger partial charge in [-0.15, -0.1) is 0 Å². The van der Waals surface area contributed by atoms with Gasteiger partial charge in [0.15, 0.2) is 0 Å². The summed E-state index contributed by atoms with van der Waals surface area (Å²) in [4.78, 5) is 16.5. The molecular formula is C23H25F4N5O. The minimum Gasteiger partial charge on any atom is -0.379 e. The number of hydrogen-bond acceptors (Lipinski definition) is 4. The molecule has 0 spiro atoms. The zero-order valence-corrected chi connectivity index (χ0v) is 17.8. The van der Waals surface area contributed by atoms with Gasteiger partial charge in [-0.1, -0.05) is 6.07 Å². The average Bonchev–Trinajstić information content (AvgIpc) is 3.25. The van der Waals surface area contributed by atoms with Gasteiger partial charge < -0.3 is 16.0 Å². The first kappa shape index (κ1) is 22.9. The van der Waals surface area contributed by atoms with E-state index in [0.29, 0.717) is 22.7 Å². The lowest BCUT2D eigenvalue weighted by Gasteiger charge is -2.30. The van der Waals surface area contributed by atoms with Gasteiger partial charge in [-0.25, -0.2) is 22.5 Å². The summed E-state index contributed by atoms with van der Waals surface area (Å²) in [6.45, 7) is -0.439. The number of pyridine rings is 1. The van der Waals surface area contributed by atoms with Crippen LogP contribution < -0.4 is 16.0 Å². The third-order valence-electron chi connectivity index (χ3n) is 5.76. The number of fused-ring (bicyclic) bond motifs is 1. The highest BCUT2D eigenvalue weighted by Gasteiger charge is 2.23. The van der Waals surface area contributed by atoms with Crippen LogP contribution in [0, 0.1) is 0 Å². The fourth-order valence-corrected chi connectivity index (χ4v) is 4.05. The molecule has 1 aromatic carbocycles. The third-order valence-corrected chi connectivity index (χ3v) is 5.76. The van der Waals surface area contributed by atoms with Gasteiger partial charge >= 0.3 is 0 Å². The van der Waals surface area contributed by atoms with E-state index in [4.69, 9.17) is 0 Å². The number of imidazole rings is 1. The summed E-state index contributed by atoms with van der Waals surface area (Å²) >= 11 is 0. The van der Waals surface area contributed by atoms with Crippen LogP contribution >= 0.6 is 0 Å². The molecular weight excluding hydrogens is 438 g/mol. The minimum absolute atomic E-state index is 0.0293. The van der Waals surface area contributed by atoms with Crippen LogP contribution in [0.3, 0.4) is 0 Å². The average molecular weight is 463 g/mol. The quantitative estimate of drug-likeness (QED) is 0.407. The number of halogens is 4. The fourth-order valence-electron chi connectivity index (χ4n) is 4.05. The van der Waals surface area contributed by atoms with Crippen LogP contribution in [-0.2, 0) is 0 Å². The fraction of sp³-hybridized carbons (Fsp3) is 0.391. The molecule has 176 valence electrons. The van der Waals surface area contributed by atoms with Gasteiger partial charge in [0.2, 0.25) is 0 Å². The van der Waals surface area contributed by atoms with Gasteiger partial charge in [0.05, 0.1) is 6.54 Å². The van der Waals surface area contributed by atoms with E-state index < -0.39 is 19.4 Å². The normalized spacial score (nSPS) is 18.6. The van der Waals surface area contributed by atoms with Crippen molar-refractivity contribution in [1.29, 1.82) is 0 Å². The topological polar surface area (TPSA) is 70.5 Å². The molecule has 3 N–H and O–H groups in total. The summed E-state index contributed by atoms with van der Waals surface area (Å²) in [5.74, 6) is 0.509. The first-order valence-corrected chi connectivity index (χ1v) is 10.8. The first-order valence-electron chi connectivity index (χ1n) is 10.8. The van der Waals surface area contributed by atoms with Crippen LogP contribution in [0.25, 0.3) is 5.65 Å². The third kappa shape index (κ3) is 5.74. The number of hydrogen-bond donors (Lipinski definition) is 3. The largest absolute Gasteiger partial charge is 0.379 e. The van der Waals surface area contributed by atoms with E-state index in [0.717, 1.165) is 25.7 Å². The Balaban J connectivity index is 1.29. The lowest BCUT2D eigenvalue weighted by atomic mass is 9.91. The standard InChI is InChI=1S/C23H25F4N5O/c24-19(25)12-28-15-6-4-14(5-7-15)23(33)30-17-10-8-16(9-11-17)29-20-2-1-3-21-31-18(22(26)27)13-32(20)21/h1-7,13,16-17,19,22,28-29H,8-12H2,(H,30,33)/t16-,17+. The molecule has 33 heavy (non-hydrogen) atoms. The van der Waals surface area contributed by atoms with Crippen LogP contribution in [0.1, 0.15) is 48.2 Å². The van der Waals surface area contributed by atoms with E-state index in [1.165, 1.54) is 6.20 Å². The second-order valence-corrected chi connectivity index (χ2v) is 8.12. The Hall–Kier alpha value is -3.30. The number of rotatable bonds is 8. The molecule has 0 radical (unpaired) electrons.